The van der Waals surface area contributed by atoms with Crippen LogP contribution in [0.2, 0.25) is 0 Å². The number of aryl methyl sites for hydroxylation is 1. The van der Waals surface area contributed by atoms with Crippen molar-refractivity contribution in [1.29, 1.82) is 0 Å². The molecule has 0 bridgehead atoms. The summed E-state index contributed by atoms with van der Waals surface area (Å²) >= 11 is 0. The summed E-state index contributed by atoms with van der Waals surface area (Å²) in [6, 6.07) is 1.77. The van der Waals surface area contributed by atoms with Crippen molar-refractivity contribution in [3.05, 3.63) is 29.9 Å². The van der Waals surface area contributed by atoms with E-state index in [4.69, 9.17) is 4.52 Å². The predicted octanol–water partition coefficient (Wildman–Crippen LogP) is 3.53. The molecule has 128 valence electrons. The molecule has 1 aliphatic heterocycles. The van der Waals surface area contributed by atoms with Crippen molar-refractivity contribution in [2.45, 2.75) is 57.5 Å². The van der Waals surface area contributed by atoms with Gasteiger partial charge in [-0.2, -0.15) is 5.10 Å². The SMILES string of the molecule is CCCn1ncc(NC(=O)N2CCC[C@H]2c2ccon2)c1C1CC1. The molecule has 2 aromatic rings. The molecule has 2 fully saturated rings. The van der Waals surface area contributed by atoms with Crippen molar-refractivity contribution < 1.29 is 9.32 Å². The Morgan fingerprint density at radius 3 is 3.00 bits per heavy atom. The molecule has 1 N–H and O–H groups in total. The summed E-state index contributed by atoms with van der Waals surface area (Å²) in [6.45, 7) is 3.78. The van der Waals surface area contributed by atoms with Crippen molar-refractivity contribution in [1.82, 2.24) is 19.8 Å². The van der Waals surface area contributed by atoms with E-state index in [0.717, 1.165) is 43.7 Å². The number of carbonyl (C=O) groups is 1. The molecule has 24 heavy (non-hydrogen) atoms. The zero-order valence-corrected chi connectivity index (χ0v) is 13.9. The summed E-state index contributed by atoms with van der Waals surface area (Å²) in [5.41, 5.74) is 2.87. The quantitative estimate of drug-likeness (QED) is 0.910. The number of anilines is 1. The molecule has 3 heterocycles. The van der Waals surface area contributed by atoms with Gasteiger partial charge in [-0.15, -0.1) is 0 Å². The molecule has 1 saturated heterocycles. The average Bonchev–Trinajstić information content (AvgIpc) is 3.00. The molecule has 0 unspecified atom stereocenters. The minimum Gasteiger partial charge on any atom is -0.364 e. The van der Waals surface area contributed by atoms with Gasteiger partial charge in [0.2, 0.25) is 0 Å². The molecular weight excluding hydrogens is 306 g/mol. The van der Waals surface area contributed by atoms with Crippen LogP contribution in [0.25, 0.3) is 0 Å². The normalized spacial score (nSPS) is 20.5. The third-order valence-electron chi connectivity index (χ3n) is 4.83. The third-order valence-corrected chi connectivity index (χ3v) is 4.83. The molecule has 4 rings (SSSR count). The second-order valence-electron chi connectivity index (χ2n) is 6.65. The number of nitrogens with one attached hydrogen (secondary N) is 1. The lowest BCUT2D eigenvalue weighted by Gasteiger charge is -2.23. The van der Waals surface area contributed by atoms with E-state index in [1.165, 1.54) is 18.5 Å². The topological polar surface area (TPSA) is 76.2 Å². The Morgan fingerprint density at radius 2 is 2.29 bits per heavy atom. The molecular formula is C17H23N5O2. The molecule has 7 heteroatoms. The minimum absolute atomic E-state index is 0.00110. The number of nitrogens with zero attached hydrogens (tertiary/aromatic N) is 4. The van der Waals surface area contributed by atoms with E-state index in [0.29, 0.717) is 5.92 Å². The number of carbonyl (C=O) groups excluding carboxylic acids is 1. The van der Waals surface area contributed by atoms with E-state index < -0.39 is 0 Å². The Hall–Kier alpha value is -2.31. The highest BCUT2D eigenvalue weighted by molar-refractivity contribution is 5.90. The van der Waals surface area contributed by atoms with Gasteiger partial charge in [0, 0.05) is 25.1 Å². The van der Waals surface area contributed by atoms with Gasteiger partial charge in [0.1, 0.15) is 12.0 Å². The first kappa shape index (κ1) is 15.2. The van der Waals surface area contributed by atoms with E-state index in [1.54, 1.807) is 12.5 Å². The maximum atomic E-state index is 12.8. The Morgan fingerprint density at radius 1 is 1.42 bits per heavy atom. The zero-order chi connectivity index (χ0) is 16.5. The fraction of sp³-hybridized carbons (Fsp3) is 0.588. The molecule has 2 aliphatic rings. The molecule has 0 aromatic carbocycles. The van der Waals surface area contributed by atoms with Gasteiger partial charge in [0.05, 0.1) is 23.6 Å². The third kappa shape index (κ3) is 2.79. The lowest BCUT2D eigenvalue weighted by molar-refractivity contribution is 0.204. The minimum atomic E-state index is -0.0709. The fourth-order valence-electron chi connectivity index (χ4n) is 3.57. The maximum absolute atomic E-state index is 12.8. The van der Waals surface area contributed by atoms with E-state index in [1.807, 2.05) is 15.6 Å². The number of hydrogen-bond donors (Lipinski definition) is 1. The van der Waals surface area contributed by atoms with Crippen molar-refractivity contribution in [2.75, 3.05) is 11.9 Å². The summed E-state index contributed by atoms with van der Waals surface area (Å²) < 4.78 is 6.99. The van der Waals surface area contributed by atoms with Crippen LogP contribution in [0.15, 0.2) is 23.0 Å². The molecule has 1 atom stereocenters. The zero-order valence-electron chi connectivity index (χ0n) is 13.9. The first-order valence-electron chi connectivity index (χ1n) is 8.81. The molecule has 0 radical (unpaired) electrons. The van der Waals surface area contributed by atoms with E-state index in [9.17, 15) is 4.79 Å². The maximum Gasteiger partial charge on any atom is 0.322 e. The number of aromatic nitrogens is 3. The van der Waals surface area contributed by atoms with Crippen LogP contribution in [0.1, 0.15) is 62.4 Å². The summed E-state index contributed by atoms with van der Waals surface area (Å²) in [5.74, 6) is 0.541. The Bertz CT molecular complexity index is 705. The first-order chi connectivity index (χ1) is 11.8. The van der Waals surface area contributed by atoms with Crippen LogP contribution in [0.5, 0.6) is 0 Å². The van der Waals surface area contributed by atoms with Gasteiger partial charge in [-0.25, -0.2) is 4.79 Å². The monoisotopic (exact) mass is 329 g/mol. The van der Waals surface area contributed by atoms with Gasteiger partial charge < -0.3 is 14.7 Å². The van der Waals surface area contributed by atoms with Crippen molar-refractivity contribution in [3.63, 3.8) is 0 Å². The first-order valence-corrected chi connectivity index (χ1v) is 8.81. The van der Waals surface area contributed by atoms with Gasteiger partial charge in [-0.3, -0.25) is 4.68 Å². The molecule has 1 saturated carbocycles. The van der Waals surface area contributed by atoms with Crippen LogP contribution in [-0.4, -0.2) is 32.4 Å². The molecule has 2 aromatic heterocycles. The highest BCUT2D eigenvalue weighted by Crippen LogP contribution is 2.43. The average molecular weight is 329 g/mol. The highest BCUT2D eigenvalue weighted by atomic mass is 16.5. The summed E-state index contributed by atoms with van der Waals surface area (Å²) in [5, 5.41) is 11.6. The smallest absolute Gasteiger partial charge is 0.322 e. The molecule has 1 aliphatic carbocycles. The largest absolute Gasteiger partial charge is 0.364 e. The Labute approximate surface area is 141 Å². The summed E-state index contributed by atoms with van der Waals surface area (Å²) in [4.78, 5) is 14.7. The van der Waals surface area contributed by atoms with Gasteiger partial charge in [-0.1, -0.05) is 12.1 Å². The van der Waals surface area contributed by atoms with Crippen molar-refractivity contribution in [3.8, 4) is 0 Å². The van der Waals surface area contributed by atoms with Gasteiger partial charge >= 0.3 is 6.03 Å². The molecule has 2 amide bonds. The van der Waals surface area contributed by atoms with Gasteiger partial charge in [0.15, 0.2) is 0 Å². The second-order valence-corrected chi connectivity index (χ2v) is 6.65. The summed E-state index contributed by atoms with van der Waals surface area (Å²) in [7, 11) is 0. The van der Waals surface area contributed by atoms with Crippen molar-refractivity contribution in [2.24, 2.45) is 0 Å². The lowest BCUT2D eigenvalue weighted by Crippen LogP contribution is -2.34. The Balaban J connectivity index is 1.52. The summed E-state index contributed by atoms with van der Waals surface area (Å²) in [6.07, 6.45) is 8.66. The van der Waals surface area contributed by atoms with Crippen LogP contribution in [-0.2, 0) is 6.54 Å². The van der Waals surface area contributed by atoms with Gasteiger partial charge in [0.25, 0.3) is 0 Å². The number of amides is 2. The van der Waals surface area contributed by atoms with Crippen LogP contribution in [0.3, 0.4) is 0 Å². The highest BCUT2D eigenvalue weighted by Gasteiger charge is 2.34. The van der Waals surface area contributed by atoms with Gasteiger partial charge in [-0.05, 0) is 32.1 Å². The standard InChI is InChI=1S/C17H23N5O2/c1-2-8-22-16(12-5-6-12)14(11-18-22)19-17(23)21-9-3-4-15(21)13-7-10-24-20-13/h7,10-12,15H,2-6,8-9H2,1H3,(H,19,23)/t15-/m0/s1. The lowest BCUT2D eigenvalue weighted by atomic mass is 10.1. The van der Waals surface area contributed by atoms with Crippen molar-refractivity contribution >= 4 is 11.7 Å². The van der Waals surface area contributed by atoms with E-state index in [2.05, 4.69) is 22.5 Å². The molecule has 7 nitrogen and oxygen atoms in total. The number of urea groups is 1. The molecule has 0 spiro atoms. The predicted molar refractivity (Wildman–Crippen MR) is 88.7 cm³/mol. The van der Waals surface area contributed by atoms with Crippen LogP contribution in [0.4, 0.5) is 10.5 Å². The number of hydrogen-bond acceptors (Lipinski definition) is 4. The van der Waals surface area contributed by atoms with E-state index >= 15 is 0 Å². The fourth-order valence-corrected chi connectivity index (χ4v) is 3.57. The van der Waals surface area contributed by atoms with E-state index in [-0.39, 0.29) is 12.1 Å². The van der Waals surface area contributed by atoms with Crippen LogP contribution >= 0.6 is 0 Å². The number of likely N-dealkylation sites (tertiary alicyclic amines) is 1. The second kappa shape index (κ2) is 6.30. The van der Waals surface area contributed by atoms with Crippen LogP contribution in [0, 0.1) is 0 Å². The Kier molecular flexibility index (Phi) is 4.00. The number of rotatable bonds is 5. The van der Waals surface area contributed by atoms with Crippen LogP contribution < -0.4 is 5.32 Å².